The number of pyridine rings is 1. The van der Waals surface area contributed by atoms with Crippen LogP contribution in [-0.2, 0) is 12.8 Å². The van der Waals surface area contributed by atoms with Gasteiger partial charge in [0.15, 0.2) is 0 Å². The Balaban J connectivity index is 1.42. The van der Waals surface area contributed by atoms with E-state index in [1.807, 2.05) is 12.4 Å². The van der Waals surface area contributed by atoms with Crippen LogP contribution in [0.25, 0.3) is 5.57 Å². The molecule has 4 heteroatoms. The van der Waals surface area contributed by atoms with E-state index >= 15 is 0 Å². The second kappa shape index (κ2) is 8.95. The second-order valence-electron chi connectivity index (χ2n) is 6.64. The molecule has 1 aliphatic rings. The molecule has 0 saturated heterocycles. The fraction of sp³-hybridized carbons (Fsp3) is 0.381. The number of aromatic nitrogens is 1. The molecular formula is C21H25N3S. The van der Waals surface area contributed by atoms with E-state index in [0.717, 1.165) is 24.0 Å². The van der Waals surface area contributed by atoms with Gasteiger partial charge in [0.25, 0.3) is 0 Å². The van der Waals surface area contributed by atoms with Gasteiger partial charge in [-0.2, -0.15) is 10.2 Å². The van der Waals surface area contributed by atoms with Crippen LogP contribution < -0.4 is 0 Å². The van der Waals surface area contributed by atoms with Crippen LogP contribution in [-0.4, -0.2) is 17.8 Å². The molecule has 1 atom stereocenters. The van der Waals surface area contributed by atoms with Crippen molar-refractivity contribution >= 4 is 17.3 Å². The first-order valence-electron chi connectivity index (χ1n) is 8.88. The molecule has 1 aromatic carbocycles. The van der Waals surface area contributed by atoms with Crippen LogP contribution in [0.15, 0.2) is 63.9 Å². The van der Waals surface area contributed by atoms with Gasteiger partial charge in [0.1, 0.15) is 0 Å². The highest BCUT2D eigenvalue weighted by Crippen LogP contribution is 2.21. The summed E-state index contributed by atoms with van der Waals surface area (Å²) in [6, 6.07) is 13.2. The van der Waals surface area contributed by atoms with Crippen LogP contribution in [0.3, 0.4) is 0 Å². The smallest absolute Gasteiger partial charge is 0.0875 e. The van der Waals surface area contributed by atoms with Crippen molar-refractivity contribution in [2.45, 2.75) is 37.5 Å². The predicted molar refractivity (Wildman–Crippen MR) is 106 cm³/mol. The number of hydrogen-bond acceptors (Lipinski definition) is 4. The monoisotopic (exact) mass is 351 g/mol. The van der Waals surface area contributed by atoms with E-state index in [1.165, 1.54) is 29.0 Å². The first-order valence-corrected chi connectivity index (χ1v) is 10.1. The maximum atomic E-state index is 4.61. The minimum atomic E-state index is 0.677. The molecule has 0 aliphatic carbocycles. The lowest BCUT2D eigenvalue weighted by atomic mass is 9.96. The Hall–Kier alpha value is -1.94. The fourth-order valence-corrected chi connectivity index (χ4v) is 3.35. The normalized spacial score (nSPS) is 14.6. The van der Waals surface area contributed by atoms with Crippen LogP contribution in [0.5, 0.6) is 0 Å². The Bertz CT molecular complexity index is 733. The van der Waals surface area contributed by atoms with Gasteiger partial charge in [0.2, 0.25) is 0 Å². The first-order chi connectivity index (χ1) is 12.2. The lowest BCUT2D eigenvalue weighted by Gasteiger charge is -2.11. The van der Waals surface area contributed by atoms with Gasteiger partial charge < -0.3 is 0 Å². The van der Waals surface area contributed by atoms with E-state index < -0.39 is 0 Å². The molecular weight excluding hydrogens is 326 g/mol. The summed E-state index contributed by atoms with van der Waals surface area (Å²) in [7, 11) is 0. The summed E-state index contributed by atoms with van der Waals surface area (Å²) >= 11 is 1.80. The highest BCUT2D eigenvalue weighted by Gasteiger charge is 2.08. The van der Waals surface area contributed by atoms with Crippen LogP contribution in [0, 0.1) is 5.92 Å². The van der Waals surface area contributed by atoms with Crippen LogP contribution in [0.1, 0.15) is 36.6 Å². The second-order valence-corrected chi connectivity index (χ2v) is 7.52. The molecule has 1 aromatic heterocycles. The standard InChI is InChI=1S/C21H25N3S/c1-16(3-5-17-6-11-21(25-2)12-7-17)4-9-20-10-8-18(13-22-20)19-14-23-24-15-19/h6-8,10-14,16H,3-5,9,15H2,1-2H3. The third-order valence-corrected chi connectivity index (χ3v) is 5.45. The van der Waals surface area contributed by atoms with E-state index in [9.17, 15) is 0 Å². The number of azo groups is 1. The molecule has 0 spiro atoms. The summed E-state index contributed by atoms with van der Waals surface area (Å²) in [6.07, 6.45) is 10.5. The highest BCUT2D eigenvalue weighted by atomic mass is 32.2. The van der Waals surface area contributed by atoms with Gasteiger partial charge in [-0.05, 0) is 67.2 Å². The molecule has 0 radical (unpaired) electrons. The average Bonchev–Trinajstić information content (AvgIpc) is 3.20. The number of aryl methyl sites for hydroxylation is 2. The van der Waals surface area contributed by atoms with Crippen molar-refractivity contribution in [1.82, 2.24) is 4.98 Å². The molecule has 0 saturated carbocycles. The van der Waals surface area contributed by atoms with Crippen molar-refractivity contribution < 1.29 is 0 Å². The third kappa shape index (κ3) is 5.27. The summed E-state index contributed by atoms with van der Waals surface area (Å²) < 4.78 is 0. The Morgan fingerprint density at radius 3 is 2.48 bits per heavy atom. The van der Waals surface area contributed by atoms with Gasteiger partial charge in [0.05, 0.1) is 12.7 Å². The van der Waals surface area contributed by atoms with Crippen molar-refractivity contribution in [3.05, 3.63) is 65.6 Å². The van der Waals surface area contributed by atoms with Crippen LogP contribution >= 0.6 is 11.8 Å². The molecule has 1 aliphatic heterocycles. The van der Waals surface area contributed by atoms with E-state index in [4.69, 9.17) is 0 Å². The first kappa shape index (κ1) is 17.9. The molecule has 2 aromatic rings. The van der Waals surface area contributed by atoms with Gasteiger partial charge in [-0.3, -0.25) is 4.98 Å². The van der Waals surface area contributed by atoms with Crippen LogP contribution in [0.2, 0.25) is 0 Å². The molecule has 0 N–H and O–H groups in total. The Morgan fingerprint density at radius 1 is 1.04 bits per heavy atom. The zero-order valence-corrected chi connectivity index (χ0v) is 15.8. The number of hydrogen-bond donors (Lipinski definition) is 0. The van der Waals surface area contributed by atoms with Crippen molar-refractivity contribution in [3.8, 4) is 0 Å². The van der Waals surface area contributed by atoms with Gasteiger partial charge in [0, 0.05) is 22.4 Å². The maximum Gasteiger partial charge on any atom is 0.0875 e. The summed E-state index contributed by atoms with van der Waals surface area (Å²) in [5.41, 5.74) is 4.90. The zero-order valence-electron chi connectivity index (χ0n) is 15.0. The molecule has 0 bridgehead atoms. The minimum Gasteiger partial charge on any atom is -0.261 e. The summed E-state index contributed by atoms with van der Waals surface area (Å²) in [5, 5.41) is 7.89. The average molecular weight is 352 g/mol. The lowest BCUT2D eigenvalue weighted by Crippen LogP contribution is -2.01. The molecule has 1 unspecified atom stereocenters. The molecule has 3 nitrogen and oxygen atoms in total. The predicted octanol–water partition coefficient (Wildman–Crippen LogP) is 5.81. The van der Waals surface area contributed by atoms with Gasteiger partial charge in [-0.1, -0.05) is 25.1 Å². The van der Waals surface area contributed by atoms with Crippen molar-refractivity contribution in [1.29, 1.82) is 0 Å². The SMILES string of the molecule is CSc1ccc(CCC(C)CCc2ccc(C3=CN=NC3)cn2)cc1. The van der Waals surface area contributed by atoms with Gasteiger partial charge in [-0.15, -0.1) is 11.8 Å². The van der Waals surface area contributed by atoms with E-state index in [-0.39, 0.29) is 0 Å². The summed E-state index contributed by atoms with van der Waals surface area (Å²) in [6.45, 7) is 3.02. The topological polar surface area (TPSA) is 37.6 Å². The number of thioether (sulfide) groups is 1. The number of benzene rings is 1. The fourth-order valence-electron chi connectivity index (χ4n) is 2.94. The number of rotatable bonds is 8. The Morgan fingerprint density at radius 2 is 1.84 bits per heavy atom. The van der Waals surface area contributed by atoms with E-state index in [2.05, 4.69) is 64.8 Å². The van der Waals surface area contributed by atoms with Crippen molar-refractivity contribution in [2.75, 3.05) is 12.8 Å². The third-order valence-electron chi connectivity index (χ3n) is 4.71. The molecule has 3 rings (SSSR count). The Labute approximate surface area is 154 Å². The highest BCUT2D eigenvalue weighted by molar-refractivity contribution is 7.98. The van der Waals surface area contributed by atoms with E-state index in [0.29, 0.717) is 12.5 Å². The Kier molecular flexibility index (Phi) is 6.40. The minimum absolute atomic E-state index is 0.677. The molecule has 25 heavy (non-hydrogen) atoms. The van der Waals surface area contributed by atoms with E-state index in [1.54, 1.807) is 11.8 Å². The molecule has 0 amide bonds. The van der Waals surface area contributed by atoms with Crippen LogP contribution in [0.4, 0.5) is 0 Å². The maximum absolute atomic E-state index is 4.61. The van der Waals surface area contributed by atoms with Crippen molar-refractivity contribution in [3.63, 3.8) is 0 Å². The van der Waals surface area contributed by atoms with Gasteiger partial charge >= 0.3 is 0 Å². The zero-order chi connectivity index (χ0) is 17.5. The lowest BCUT2D eigenvalue weighted by molar-refractivity contribution is 0.490. The number of nitrogens with zero attached hydrogens (tertiary/aromatic N) is 3. The molecule has 2 heterocycles. The summed E-state index contributed by atoms with van der Waals surface area (Å²) in [4.78, 5) is 5.94. The largest absolute Gasteiger partial charge is 0.261 e. The summed E-state index contributed by atoms with van der Waals surface area (Å²) in [5.74, 6) is 0.705. The quantitative estimate of drug-likeness (QED) is 0.563. The molecule has 0 fully saturated rings. The van der Waals surface area contributed by atoms with Gasteiger partial charge in [-0.25, -0.2) is 0 Å². The molecule has 130 valence electrons. The van der Waals surface area contributed by atoms with Crippen molar-refractivity contribution in [2.24, 2.45) is 16.1 Å².